The van der Waals surface area contributed by atoms with Crippen LogP contribution in [0.25, 0.3) is 0 Å². The van der Waals surface area contributed by atoms with E-state index in [1.54, 1.807) is 7.11 Å². The number of tetrazole rings is 1. The van der Waals surface area contributed by atoms with Gasteiger partial charge in [0.2, 0.25) is 0 Å². The van der Waals surface area contributed by atoms with Crippen LogP contribution in [0, 0.1) is 0 Å². The molecule has 1 atom stereocenters. The van der Waals surface area contributed by atoms with Crippen LogP contribution in [0.1, 0.15) is 29.9 Å². The van der Waals surface area contributed by atoms with Crippen LogP contribution in [0.2, 0.25) is 0 Å². The maximum atomic E-state index is 5.26. The molecule has 1 aliphatic heterocycles. The molecule has 0 saturated carbocycles. The van der Waals surface area contributed by atoms with Crippen LogP contribution >= 0.6 is 0 Å². The Morgan fingerprint density at radius 1 is 0.966 bits per heavy atom. The van der Waals surface area contributed by atoms with Gasteiger partial charge in [0.05, 0.1) is 19.7 Å². The number of benzene rings is 2. The predicted molar refractivity (Wildman–Crippen MR) is 112 cm³/mol. The van der Waals surface area contributed by atoms with Crippen LogP contribution in [-0.4, -0.2) is 69.8 Å². The van der Waals surface area contributed by atoms with Gasteiger partial charge in [-0.25, -0.2) is 4.68 Å². The van der Waals surface area contributed by atoms with Gasteiger partial charge in [0.15, 0.2) is 5.82 Å². The molecule has 0 unspecified atom stereocenters. The van der Waals surface area contributed by atoms with Gasteiger partial charge < -0.3 is 9.64 Å². The van der Waals surface area contributed by atoms with E-state index in [2.05, 4.69) is 74.7 Å². The summed E-state index contributed by atoms with van der Waals surface area (Å²) in [7, 11) is 1.68. The second-order valence-electron chi connectivity index (χ2n) is 7.33. The lowest BCUT2D eigenvalue weighted by atomic mass is 10.0. The Kier molecular flexibility index (Phi) is 6.17. The zero-order chi connectivity index (χ0) is 20.1. The van der Waals surface area contributed by atoms with E-state index < -0.39 is 0 Å². The fraction of sp³-hybridized carbons (Fsp3) is 0.409. The average molecular weight is 393 g/mol. The fourth-order valence-electron chi connectivity index (χ4n) is 3.92. The number of rotatable bonds is 7. The minimum absolute atomic E-state index is 0.0449. The van der Waals surface area contributed by atoms with E-state index >= 15 is 0 Å². The summed E-state index contributed by atoms with van der Waals surface area (Å²) in [4.78, 5) is 4.98. The highest BCUT2D eigenvalue weighted by atomic mass is 16.5. The van der Waals surface area contributed by atoms with Gasteiger partial charge in [0.1, 0.15) is 5.75 Å². The Bertz CT molecular complexity index is 887. The monoisotopic (exact) mass is 392 g/mol. The third-order valence-electron chi connectivity index (χ3n) is 5.63. The normalized spacial score (nSPS) is 16.6. The summed E-state index contributed by atoms with van der Waals surface area (Å²) >= 11 is 0. The van der Waals surface area contributed by atoms with Crippen molar-refractivity contribution < 1.29 is 4.74 Å². The van der Waals surface area contributed by atoms with Crippen molar-refractivity contribution in [1.29, 1.82) is 0 Å². The number of aromatic nitrogens is 4. The molecule has 0 amide bonds. The lowest BCUT2D eigenvalue weighted by molar-refractivity contribution is 0.108. The molecule has 2 aromatic carbocycles. The summed E-state index contributed by atoms with van der Waals surface area (Å²) in [6.45, 7) is 8.09. The third-order valence-corrected chi connectivity index (χ3v) is 5.63. The minimum atomic E-state index is 0.0449. The van der Waals surface area contributed by atoms with Crippen molar-refractivity contribution >= 4 is 0 Å². The van der Waals surface area contributed by atoms with E-state index in [9.17, 15) is 0 Å². The van der Waals surface area contributed by atoms with Gasteiger partial charge >= 0.3 is 0 Å². The van der Waals surface area contributed by atoms with Crippen LogP contribution in [0.3, 0.4) is 0 Å². The van der Waals surface area contributed by atoms with E-state index in [1.165, 1.54) is 5.56 Å². The lowest BCUT2D eigenvalue weighted by Gasteiger charge is -2.38. The predicted octanol–water partition coefficient (Wildman–Crippen LogP) is 2.46. The number of methoxy groups -OCH3 is 1. The van der Waals surface area contributed by atoms with E-state index in [0.717, 1.165) is 49.9 Å². The number of ether oxygens (including phenoxy) is 1. The highest BCUT2D eigenvalue weighted by Gasteiger charge is 2.30. The van der Waals surface area contributed by atoms with Crippen molar-refractivity contribution in [2.45, 2.75) is 19.5 Å². The topological polar surface area (TPSA) is 59.3 Å². The second-order valence-corrected chi connectivity index (χ2v) is 7.33. The standard InChI is InChI=1S/C22H28N6O/c1-3-26-13-15-27(16-14-26)21(19-7-5-4-6-8-19)22-23-24-25-28(22)17-18-9-11-20(29-2)12-10-18/h4-12,21H,3,13-17H2,1-2H3/t21-/m1/s1. The molecule has 1 aliphatic rings. The van der Waals surface area contributed by atoms with Gasteiger partial charge in [-0.1, -0.05) is 49.4 Å². The number of nitrogens with zero attached hydrogens (tertiary/aromatic N) is 6. The number of piperazine rings is 1. The van der Waals surface area contributed by atoms with Crippen LogP contribution in [0.15, 0.2) is 54.6 Å². The Morgan fingerprint density at radius 3 is 2.34 bits per heavy atom. The lowest BCUT2D eigenvalue weighted by Crippen LogP contribution is -2.48. The smallest absolute Gasteiger partial charge is 0.173 e. The molecule has 0 bridgehead atoms. The van der Waals surface area contributed by atoms with Gasteiger partial charge in [-0.05, 0) is 40.2 Å². The maximum absolute atomic E-state index is 5.26. The van der Waals surface area contributed by atoms with Crippen molar-refractivity contribution in [1.82, 2.24) is 30.0 Å². The SMILES string of the molecule is CCN1CCN([C@H](c2ccccc2)c2nnnn2Cc2ccc(OC)cc2)CC1. The molecule has 1 fully saturated rings. The summed E-state index contributed by atoms with van der Waals surface area (Å²) in [6.07, 6.45) is 0. The molecular formula is C22H28N6O. The molecule has 152 valence electrons. The Morgan fingerprint density at radius 2 is 1.69 bits per heavy atom. The van der Waals surface area contributed by atoms with Crippen LogP contribution < -0.4 is 4.74 Å². The summed E-state index contributed by atoms with van der Waals surface area (Å²) in [6, 6.07) is 18.7. The Hall–Kier alpha value is -2.77. The molecule has 7 heteroatoms. The first-order valence-electron chi connectivity index (χ1n) is 10.2. The van der Waals surface area contributed by atoms with Gasteiger partial charge in [-0.3, -0.25) is 4.90 Å². The largest absolute Gasteiger partial charge is 0.497 e. The first-order chi connectivity index (χ1) is 14.3. The molecule has 0 aliphatic carbocycles. The molecular weight excluding hydrogens is 364 g/mol. The number of hydrogen-bond donors (Lipinski definition) is 0. The third kappa shape index (κ3) is 4.46. The van der Waals surface area contributed by atoms with Gasteiger partial charge in [-0.2, -0.15) is 0 Å². The summed E-state index contributed by atoms with van der Waals surface area (Å²) in [5, 5.41) is 12.8. The van der Waals surface area contributed by atoms with Crippen molar-refractivity contribution in [3.63, 3.8) is 0 Å². The molecule has 4 rings (SSSR count). The first kappa shape index (κ1) is 19.5. The molecule has 0 spiro atoms. The summed E-state index contributed by atoms with van der Waals surface area (Å²) in [5.74, 6) is 1.73. The van der Waals surface area contributed by atoms with Crippen molar-refractivity contribution in [2.24, 2.45) is 0 Å². The molecule has 29 heavy (non-hydrogen) atoms. The van der Waals surface area contributed by atoms with Gasteiger partial charge in [0, 0.05) is 26.2 Å². The van der Waals surface area contributed by atoms with Crippen LogP contribution in [0.4, 0.5) is 0 Å². The zero-order valence-electron chi connectivity index (χ0n) is 17.1. The van der Waals surface area contributed by atoms with Crippen molar-refractivity contribution in [2.75, 3.05) is 39.8 Å². The molecule has 1 aromatic heterocycles. The van der Waals surface area contributed by atoms with E-state index in [1.807, 2.05) is 16.8 Å². The van der Waals surface area contributed by atoms with Gasteiger partial charge in [-0.15, -0.1) is 5.10 Å². The van der Waals surface area contributed by atoms with Gasteiger partial charge in [0.25, 0.3) is 0 Å². The molecule has 2 heterocycles. The highest BCUT2D eigenvalue weighted by molar-refractivity contribution is 5.28. The molecule has 1 saturated heterocycles. The summed E-state index contributed by atoms with van der Waals surface area (Å²) < 4.78 is 7.19. The first-order valence-corrected chi connectivity index (χ1v) is 10.2. The fourth-order valence-corrected chi connectivity index (χ4v) is 3.92. The Balaban J connectivity index is 1.62. The Labute approximate surface area is 171 Å². The van der Waals surface area contributed by atoms with E-state index in [0.29, 0.717) is 6.54 Å². The molecule has 3 aromatic rings. The van der Waals surface area contributed by atoms with Crippen molar-refractivity contribution in [3.05, 3.63) is 71.5 Å². The highest BCUT2D eigenvalue weighted by Crippen LogP contribution is 2.28. The molecule has 7 nitrogen and oxygen atoms in total. The van der Waals surface area contributed by atoms with Crippen LogP contribution in [-0.2, 0) is 6.54 Å². The average Bonchev–Trinajstić information content (AvgIpc) is 3.23. The second kappa shape index (κ2) is 9.15. The van der Waals surface area contributed by atoms with Crippen LogP contribution in [0.5, 0.6) is 5.75 Å². The number of likely N-dealkylation sites (N-methyl/N-ethyl adjacent to an activating group) is 1. The molecule has 0 N–H and O–H groups in total. The summed E-state index contributed by atoms with van der Waals surface area (Å²) in [5.41, 5.74) is 2.37. The van der Waals surface area contributed by atoms with E-state index in [4.69, 9.17) is 4.74 Å². The maximum Gasteiger partial charge on any atom is 0.173 e. The minimum Gasteiger partial charge on any atom is -0.497 e. The van der Waals surface area contributed by atoms with Crippen molar-refractivity contribution in [3.8, 4) is 5.75 Å². The quantitative estimate of drug-likeness (QED) is 0.616. The molecule has 0 radical (unpaired) electrons. The number of hydrogen-bond acceptors (Lipinski definition) is 6. The van der Waals surface area contributed by atoms with E-state index in [-0.39, 0.29) is 6.04 Å². The zero-order valence-corrected chi connectivity index (χ0v) is 17.1.